The van der Waals surface area contributed by atoms with E-state index < -0.39 is 18.1 Å². The maximum Gasteiger partial charge on any atom is 0.285 e. The zero-order valence-electron chi connectivity index (χ0n) is 16.2. The molecule has 152 valence electrons. The van der Waals surface area contributed by atoms with Gasteiger partial charge in [0.05, 0.1) is 13.3 Å². The van der Waals surface area contributed by atoms with Gasteiger partial charge in [-0.05, 0) is 41.5 Å². The molecule has 2 atom stereocenters. The average Bonchev–Trinajstić information content (AvgIpc) is 2.79. The topological polar surface area (TPSA) is 89.4 Å². The molecule has 7 nitrogen and oxygen atoms in total. The van der Waals surface area contributed by atoms with Crippen LogP contribution in [0.3, 0.4) is 0 Å². The Labute approximate surface area is 173 Å². The minimum atomic E-state index is -0.922. The number of benzene rings is 3. The molecule has 1 heterocycles. The number of amides is 1. The summed E-state index contributed by atoms with van der Waals surface area (Å²) in [5, 5.41) is 13.7. The van der Waals surface area contributed by atoms with Crippen LogP contribution >= 0.6 is 0 Å². The molecule has 0 radical (unpaired) electrons. The van der Waals surface area contributed by atoms with Crippen LogP contribution in [0, 0.1) is 0 Å². The van der Waals surface area contributed by atoms with Crippen molar-refractivity contribution in [1.82, 2.24) is 5.43 Å². The third-order valence-electron chi connectivity index (χ3n) is 4.61. The number of hydrazone groups is 1. The number of fused-ring (bicyclic) bond motifs is 1. The molecule has 2 N–H and O–H groups in total. The van der Waals surface area contributed by atoms with Crippen LogP contribution in [0.4, 0.5) is 0 Å². The summed E-state index contributed by atoms with van der Waals surface area (Å²) in [6, 6.07) is 21.4. The Morgan fingerprint density at radius 1 is 1.03 bits per heavy atom. The molecule has 0 bridgehead atoms. The second kappa shape index (κ2) is 8.57. The Hall–Kier alpha value is -4.00. The minimum absolute atomic E-state index is 0.0239. The summed E-state index contributed by atoms with van der Waals surface area (Å²) in [6.07, 6.45) is -0.0893. The van der Waals surface area contributed by atoms with Crippen molar-refractivity contribution in [1.29, 1.82) is 0 Å². The molecule has 0 saturated heterocycles. The van der Waals surface area contributed by atoms with Crippen LogP contribution in [0.15, 0.2) is 77.9 Å². The number of rotatable bonds is 5. The number of ether oxygens (including phenoxy) is 3. The zero-order valence-corrected chi connectivity index (χ0v) is 16.2. The van der Waals surface area contributed by atoms with E-state index in [2.05, 4.69) is 10.5 Å². The summed E-state index contributed by atoms with van der Waals surface area (Å²) < 4.78 is 17.1. The maximum atomic E-state index is 12.9. The smallest absolute Gasteiger partial charge is 0.285 e. The van der Waals surface area contributed by atoms with Gasteiger partial charge in [0.2, 0.25) is 6.10 Å². The summed E-state index contributed by atoms with van der Waals surface area (Å²) in [6.45, 7) is 0. The highest BCUT2D eigenvalue weighted by atomic mass is 16.6. The van der Waals surface area contributed by atoms with Gasteiger partial charge in [0.1, 0.15) is 0 Å². The number of hydrogen-bond donors (Lipinski definition) is 2. The van der Waals surface area contributed by atoms with Crippen molar-refractivity contribution in [3.8, 4) is 23.0 Å². The quantitative estimate of drug-likeness (QED) is 0.502. The maximum absolute atomic E-state index is 12.9. The molecule has 0 unspecified atom stereocenters. The van der Waals surface area contributed by atoms with E-state index in [9.17, 15) is 9.90 Å². The van der Waals surface area contributed by atoms with Gasteiger partial charge in [-0.25, -0.2) is 5.43 Å². The molecule has 0 aromatic heterocycles. The fraction of sp³-hybridized carbons (Fsp3) is 0.130. The van der Waals surface area contributed by atoms with Crippen molar-refractivity contribution in [2.45, 2.75) is 12.2 Å². The predicted molar refractivity (Wildman–Crippen MR) is 111 cm³/mol. The van der Waals surface area contributed by atoms with Crippen molar-refractivity contribution >= 4 is 12.1 Å². The van der Waals surface area contributed by atoms with Crippen LogP contribution in [0.5, 0.6) is 23.0 Å². The van der Waals surface area contributed by atoms with E-state index in [1.807, 2.05) is 42.5 Å². The number of carbonyl (C=O) groups is 1. The number of para-hydroxylation sites is 2. The lowest BCUT2D eigenvalue weighted by Crippen LogP contribution is -2.44. The monoisotopic (exact) mass is 404 g/mol. The first kappa shape index (κ1) is 19.3. The second-order valence-corrected chi connectivity index (χ2v) is 6.60. The Bertz CT molecular complexity index is 1070. The third-order valence-corrected chi connectivity index (χ3v) is 4.61. The number of hydrogen-bond acceptors (Lipinski definition) is 6. The van der Waals surface area contributed by atoms with Crippen LogP contribution < -0.4 is 19.6 Å². The van der Waals surface area contributed by atoms with Crippen molar-refractivity contribution in [2.24, 2.45) is 5.10 Å². The molecular formula is C23H20N2O5. The molecule has 0 saturated carbocycles. The van der Waals surface area contributed by atoms with Gasteiger partial charge in [-0.1, -0.05) is 42.5 Å². The molecule has 1 aliphatic rings. The van der Waals surface area contributed by atoms with E-state index >= 15 is 0 Å². The van der Waals surface area contributed by atoms with E-state index in [0.29, 0.717) is 22.8 Å². The SMILES string of the molecule is COc1cc(/C=N\NC(=O)[C@H]2Oc3ccccc3O[C@@H]2c2ccccc2)ccc1O. The fourth-order valence-electron chi connectivity index (χ4n) is 3.13. The molecular weight excluding hydrogens is 384 g/mol. The Balaban J connectivity index is 1.53. The molecule has 0 aliphatic carbocycles. The van der Waals surface area contributed by atoms with Gasteiger partial charge in [0, 0.05) is 0 Å². The molecule has 0 fully saturated rings. The number of nitrogens with zero attached hydrogens (tertiary/aromatic N) is 1. The Morgan fingerprint density at radius 2 is 1.73 bits per heavy atom. The second-order valence-electron chi connectivity index (χ2n) is 6.60. The Kier molecular flexibility index (Phi) is 5.52. The highest BCUT2D eigenvalue weighted by Crippen LogP contribution is 2.39. The van der Waals surface area contributed by atoms with Gasteiger partial charge in [-0.15, -0.1) is 0 Å². The van der Waals surface area contributed by atoms with E-state index in [4.69, 9.17) is 14.2 Å². The standard InChI is InChI=1S/C23H20N2O5/c1-28-20-13-15(11-12-17(20)26)14-24-25-23(27)22-21(16-7-3-2-4-8-16)29-18-9-5-6-10-19(18)30-22/h2-14,21-22,26H,1H3,(H,25,27)/b24-14-/t21-,22+/m1/s1. The highest BCUT2D eigenvalue weighted by molar-refractivity contribution is 5.86. The first-order valence-electron chi connectivity index (χ1n) is 9.33. The molecule has 30 heavy (non-hydrogen) atoms. The summed E-state index contributed by atoms with van der Waals surface area (Å²) in [7, 11) is 1.46. The normalized spacial score (nSPS) is 17.5. The molecule has 3 aromatic rings. The van der Waals surface area contributed by atoms with Crippen molar-refractivity contribution in [2.75, 3.05) is 7.11 Å². The summed E-state index contributed by atoms with van der Waals surface area (Å²) in [5.74, 6) is 0.971. The van der Waals surface area contributed by atoms with Gasteiger partial charge in [0.15, 0.2) is 29.1 Å². The van der Waals surface area contributed by atoms with Gasteiger partial charge in [-0.2, -0.15) is 5.10 Å². The number of aromatic hydroxyl groups is 1. The first-order chi connectivity index (χ1) is 14.7. The molecule has 3 aromatic carbocycles. The number of phenolic OH excluding ortho intramolecular Hbond substituents is 1. The van der Waals surface area contributed by atoms with Gasteiger partial charge in [0.25, 0.3) is 5.91 Å². The van der Waals surface area contributed by atoms with Crippen LogP contribution in [0.1, 0.15) is 17.2 Å². The van der Waals surface area contributed by atoms with Gasteiger partial charge in [-0.3, -0.25) is 4.79 Å². The highest BCUT2D eigenvalue weighted by Gasteiger charge is 2.38. The summed E-state index contributed by atoms with van der Waals surface area (Å²) in [5.41, 5.74) is 3.97. The number of carbonyl (C=O) groups excluding carboxylic acids is 1. The number of methoxy groups -OCH3 is 1. The molecule has 1 amide bonds. The van der Waals surface area contributed by atoms with E-state index in [-0.39, 0.29) is 5.75 Å². The summed E-state index contributed by atoms with van der Waals surface area (Å²) >= 11 is 0. The first-order valence-corrected chi connectivity index (χ1v) is 9.33. The zero-order chi connectivity index (χ0) is 20.9. The van der Waals surface area contributed by atoms with Crippen molar-refractivity contribution in [3.63, 3.8) is 0 Å². The molecule has 4 rings (SSSR count). The van der Waals surface area contributed by atoms with Gasteiger partial charge >= 0.3 is 0 Å². The molecule has 1 aliphatic heterocycles. The van der Waals surface area contributed by atoms with E-state index in [0.717, 1.165) is 5.56 Å². The van der Waals surface area contributed by atoms with Crippen LogP contribution in [0.2, 0.25) is 0 Å². The van der Waals surface area contributed by atoms with Crippen molar-refractivity contribution in [3.05, 3.63) is 83.9 Å². The van der Waals surface area contributed by atoms with Gasteiger partial charge < -0.3 is 19.3 Å². The van der Waals surface area contributed by atoms with Crippen LogP contribution in [0.25, 0.3) is 0 Å². The number of phenols is 1. The third kappa shape index (κ3) is 4.05. The molecule has 0 spiro atoms. The van der Waals surface area contributed by atoms with E-state index in [1.165, 1.54) is 19.4 Å². The average molecular weight is 404 g/mol. The largest absolute Gasteiger partial charge is 0.504 e. The summed E-state index contributed by atoms with van der Waals surface area (Å²) in [4.78, 5) is 12.9. The van der Waals surface area contributed by atoms with Crippen LogP contribution in [-0.2, 0) is 4.79 Å². The molecule has 7 heteroatoms. The van der Waals surface area contributed by atoms with Crippen LogP contribution in [-0.4, -0.2) is 30.4 Å². The van der Waals surface area contributed by atoms with Crippen molar-refractivity contribution < 1.29 is 24.1 Å². The minimum Gasteiger partial charge on any atom is -0.504 e. The predicted octanol–water partition coefficient (Wildman–Crippen LogP) is 3.43. The Morgan fingerprint density at radius 3 is 2.47 bits per heavy atom. The lowest BCUT2D eigenvalue weighted by atomic mass is 10.0. The lowest BCUT2D eigenvalue weighted by molar-refractivity contribution is -0.134. The van der Waals surface area contributed by atoms with E-state index in [1.54, 1.807) is 24.3 Å². The lowest BCUT2D eigenvalue weighted by Gasteiger charge is -2.32. The number of nitrogens with one attached hydrogen (secondary N) is 1. The fourth-order valence-corrected chi connectivity index (χ4v) is 3.13.